The first-order valence-corrected chi connectivity index (χ1v) is 7.82. The Labute approximate surface area is 139 Å². The van der Waals surface area contributed by atoms with E-state index in [0.717, 1.165) is 17.9 Å². The number of aromatic amines is 1. The largest absolute Gasteiger partial charge is 0.492 e. The van der Waals surface area contributed by atoms with Crippen LogP contribution in [-0.2, 0) is 13.6 Å². The molecule has 24 heavy (non-hydrogen) atoms. The second-order valence-corrected chi connectivity index (χ2v) is 5.87. The van der Waals surface area contributed by atoms with Crippen LogP contribution in [0.5, 0.6) is 5.75 Å². The Hall–Kier alpha value is -2.67. The molecule has 2 aromatic heterocycles. The van der Waals surface area contributed by atoms with Crippen molar-refractivity contribution in [3.05, 3.63) is 52.2 Å². The van der Waals surface area contributed by atoms with Crippen LogP contribution >= 0.6 is 0 Å². The fraction of sp³-hybridized carbons (Fsp3) is 0.353. The first-order chi connectivity index (χ1) is 11.5. The quantitative estimate of drug-likeness (QED) is 0.742. The number of likely N-dealkylation sites (N-methyl/N-ethyl adjacent to an activating group) is 1. The Morgan fingerprint density at radius 1 is 1.33 bits per heavy atom. The van der Waals surface area contributed by atoms with E-state index in [0.29, 0.717) is 30.0 Å². The highest BCUT2D eigenvalue weighted by molar-refractivity contribution is 5.72. The number of hydrogen-bond donors (Lipinski definition) is 1. The third-order valence-electron chi connectivity index (χ3n) is 3.89. The molecule has 0 fully saturated rings. The Balaban J connectivity index is 1.61. The van der Waals surface area contributed by atoms with E-state index in [1.54, 1.807) is 11.7 Å². The molecule has 0 amide bonds. The first-order valence-electron chi connectivity index (χ1n) is 7.82. The van der Waals surface area contributed by atoms with E-state index in [9.17, 15) is 4.79 Å². The molecule has 3 rings (SSSR count). The molecule has 0 aliphatic heterocycles. The molecule has 0 aliphatic carbocycles. The second kappa shape index (κ2) is 6.84. The summed E-state index contributed by atoms with van der Waals surface area (Å²) >= 11 is 0. The number of ether oxygens (including phenoxy) is 1. The first kappa shape index (κ1) is 16.2. The van der Waals surface area contributed by atoms with Gasteiger partial charge in [-0.25, -0.2) is 4.98 Å². The molecule has 0 bridgehead atoms. The molecule has 1 aromatic carbocycles. The van der Waals surface area contributed by atoms with Gasteiger partial charge in [0, 0.05) is 13.6 Å². The maximum absolute atomic E-state index is 12.0. The van der Waals surface area contributed by atoms with E-state index in [1.165, 1.54) is 6.20 Å². The Kier molecular flexibility index (Phi) is 4.61. The minimum absolute atomic E-state index is 0.160. The highest BCUT2D eigenvalue weighted by atomic mass is 16.5. The monoisotopic (exact) mass is 327 g/mol. The summed E-state index contributed by atoms with van der Waals surface area (Å²) in [5.41, 5.74) is 1.55. The smallest absolute Gasteiger partial charge is 0.262 e. The number of H-pyrrole nitrogens is 1. The summed E-state index contributed by atoms with van der Waals surface area (Å²) in [6.07, 6.45) is 1.53. The second-order valence-electron chi connectivity index (χ2n) is 5.87. The number of fused-ring (bicyclic) bond motifs is 1. The maximum Gasteiger partial charge on any atom is 0.262 e. The highest BCUT2D eigenvalue weighted by Crippen LogP contribution is 2.15. The number of nitrogens with zero attached hydrogens (tertiary/aromatic N) is 4. The maximum atomic E-state index is 12.0. The van der Waals surface area contributed by atoms with Crippen molar-refractivity contribution < 1.29 is 4.74 Å². The molecule has 0 spiro atoms. The van der Waals surface area contributed by atoms with Crippen molar-refractivity contribution >= 4 is 11.0 Å². The molecule has 3 aromatic rings. The number of rotatable bonds is 6. The number of para-hydroxylation sites is 1. The number of aryl methyl sites for hydroxylation is 2. The van der Waals surface area contributed by atoms with Gasteiger partial charge in [0.15, 0.2) is 5.65 Å². The van der Waals surface area contributed by atoms with Crippen LogP contribution in [0.4, 0.5) is 0 Å². The normalized spacial score (nSPS) is 11.3. The number of benzene rings is 1. The van der Waals surface area contributed by atoms with E-state index in [1.807, 2.05) is 38.2 Å². The van der Waals surface area contributed by atoms with Crippen molar-refractivity contribution in [2.24, 2.45) is 7.05 Å². The van der Waals surface area contributed by atoms with Gasteiger partial charge in [-0.2, -0.15) is 5.10 Å². The van der Waals surface area contributed by atoms with Crippen molar-refractivity contribution in [2.75, 3.05) is 20.2 Å². The third-order valence-corrected chi connectivity index (χ3v) is 3.89. The average Bonchev–Trinajstić information content (AvgIpc) is 2.91. The molecule has 126 valence electrons. The summed E-state index contributed by atoms with van der Waals surface area (Å²) in [4.78, 5) is 21.4. The molecule has 0 saturated heterocycles. The summed E-state index contributed by atoms with van der Waals surface area (Å²) < 4.78 is 7.40. The van der Waals surface area contributed by atoms with E-state index in [-0.39, 0.29) is 5.56 Å². The van der Waals surface area contributed by atoms with Crippen LogP contribution in [0.1, 0.15) is 11.4 Å². The van der Waals surface area contributed by atoms with Gasteiger partial charge in [-0.3, -0.25) is 14.4 Å². The molecule has 0 unspecified atom stereocenters. The number of aromatic nitrogens is 4. The molecule has 2 heterocycles. The zero-order valence-corrected chi connectivity index (χ0v) is 14.1. The lowest BCUT2D eigenvalue weighted by Crippen LogP contribution is -2.26. The fourth-order valence-corrected chi connectivity index (χ4v) is 2.52. The van der Waals surface area contributed by atoms with Gasteiger partial charge in [0.25, 0.3) is 5.56 Å². The van der Waals surface area contributed by atoms with Gasteiger partial charge in [0.2, 0.25) is 0 Å². The van der Waals surface area contributed by atoms with E-state index < -0.39 is 0 Å². The van der Waals surface area contributed by atoms with Gasteiger partial charge in [-0.05, 0) is 25.6 Å². The van der Waals surface area contributed by atoms with Crippen LogP contribution in [0, 0.1) is 6.92 Å². The van der Waals surface area contributed by atoms with Crippen LogP contribution in [0.15, 0.2) is 35.3 Å². The Morgan fingerprint density at radius 2 is 2.12 bits per heavy atom. The summed E-state index contributed by atoms with van der Waals surface area (Å²) in [5, 5.41) is 4.58. The van der Waals surface area contributed by atoms with Crippen LogP contribution in [0.2, 0.25) is 0 Å². The van der Waals surface area contributed by atoms with Crippen molar-refractivity contribution in [2.45, 2.75) is 13.5 Å². The fourth-order valence-electron chi connectivity index (χ4n) is 2.52. The standard InChI is InChI=1S/C17H21N5O2/c1-12-6-4-5-7-14(12)24-9-8-21(2)11-15-19-16-13(17(23)20-15)10-18-22(16)3/h4-7,10H,8-9,11H2,1-3H3,(H,19,20,23). The lowest BCUT2D eigenvalue weighted by Gasteiger charge is -2.17. The molecular weight excluding hydrogens is 306 g/mol. The average molecular weight is 327 g/mol. The van der Waals surface area contributed by atoms with Crippen molar-refractivity contribution in [3.8, 4) is 5.75 Å². The van der Waals surface area contributed by atoms with Gasteiger partial charge >= 0.3 is 0 Å². The van der Waals surface area contributed by atoms with E-state index >= 15 is 0 Å². The molecule has 0 aliphatic rings. The van der Waals surface area contributed by atoms with E-state index in [2.05, 4.69) is 20.0 Å². The van der Waals surface area contributed by atoms with Gasteiger partial charge in [-0.15, -0.1) is 0 Å². The summed E-state index contributed by atoms with van der Waals surface area (Å²) in [6.45, 7) is 3.85. The van der Waals surface area contributed by atoms with Crippen molar-refractivity contribution in [3.63, 3.8) is 0 Å². The third kappa shape index (κ3) is 3.46. The molecular formula is C17H21N5O2. The minimum Gasteiger partial charge on any atom is -0.492 e. The van der Waals surface area contributed by atoms with Crippen LogP contribution in [0.25, 0.3) is 11.0 Å². The van der Waals surface area contributed by atoms with Crippen LogP contribution in [0.3, 0.4) is 0 Å². The molecule has 1 N–H and O–H groups in total. The van der Waals surface area contributed by atoms with Crippen LogP contribution in [-0.4, -0.2) is 44.8 Å². The zero-order valence-electron chi connectivity index (χ0n) is 14.1. The SMILES string of the molecule is Cc1ccccc1OCCN(C)Cc1nc2c(cnn2C)c(=O)[nH]1. The van der Waals surface area contributed by atoms with E-state index in [4.69, 9.17) is 4.74 Å². The topological polar surface area (TPSA) is 76.0 Å². The Bertz CT molecular complexity index is 899. The zero-order chi connectivity index (χ0) is 17.1. The summed E-state index contributed by atoms with van der Waals surface area (Å²) in [7, 11) is 3.74. The molecule has 7 nitrogen and oxygen atoms in total. The highest BCUT2D eigenvalue weighted by Gasteiger charge is 2.10. The molecule has 7 heteroatoms. The van der Waals surface area contributed by atoms with Gasteiger partial charge < -0.3 is 9.72 Å². The van der Waals surface area contributed by atoms with Crippen LogP contribution < -0.4 is 10.3 Å². The Morgan fingerprint density at radius 3 is 2.92 bits per heavy atom. The van der Waals surface area contributed by atoms with Crippen molar-refractivity contribution in [1.82, 2.24) is 24.6 Å². The molecule has 0 atom stereocenters. The predicted octanol–water partition coefficient (Wildman–Crippen LogP) is 1.48. The van der Waals surface area contributed by atoms with Crippen molar-refractivity contribution in [1.29, 1.82) is 0 Å². The predicted molar refractivity (Wildman–Crippen MR) is 92.1 cm³/mol. The lowest BCUT2D eigenvalue weighted by atomic mass is 10.2. The minimum atomic E-state index is -0.160. The van der Waals surface area contributed by atoms with Gasteiger partial charge in [0.05, 0.1) is 12.7 Å². The molecule has 0 saturated carbocycles. The van der Waals surface area contributed by atoms with Gasteiger partial charge in [-0.1, -0.05) is 18.2 Å². The lowest BCUT2D eigenvalue weighted by molar-refractivity contribution is 0.229. The summed E-state index contributed by atoms with van der Waals surface area (Å²) in [6, 6.07) is 7.94. The number of nitrogens with one attached hydrogen (secondary N) is 1. The number of hydrogen-bond acceptors (Lipinski definition) is 5. The molecule has 0 radical (unpaired) electrons. The van der Waals surface area contributed by atoms with Gasteiger partial charge in [0.1, 0.15) is 23.6 Å². The summed E-state index contributed by atoms with van der Waals surface area (Å²) in [5.74, 6) is 1.52.